The van der Waals surface area contributed by atoms with Crippen LogP contribution in [0.4, 0.5) is 0 Å². The molecule has 4 heteroatoms. The fraction of sp³-hybridized carbons (Fsp3) is 0. The summed E-state index contributed by atoms with van der Waals surface area (Å²) in [5.41, 5.74) is 0.0718. The molecule has 1 aromatic heterocycles. The van der Waals surface area contributed by atoms with Gasteiger partial charge in [0.15, 0.2) is 0 Å². The van der Waals surface area contributed by atoms with Gasteiger partial charge in [0, 0.05) is 12.4 Å². The minimum atomic E-state index is -1.11. The molecule has 0 saturated carbocycles. The summed E-state index contributed by atoms with van der Waals surface area (Å²) >= 11 is 0. The molecule has 1 rings (SSSR count). The zero-order valence-corrected chi connectivity index (χ0v) is 5.48. The maximum Gasteiger partial charge on any atom is 0.337 e. The van der Waals surface area contributed by atoms with E-state index in [0.29, 0.717) is 0 Å². The summed E-state index contributed by atoms with van der Waals surface area (Å²) in [6, 6.07) is 3.03. The molecule has 0 unspecified atom stereocenters. The van der Waals surface area contributed by atoms with Crippen LogP contribution in [0.5, 0.6) is 0 Å². The van der Waals surface area contributed by atoms with Crippen LogP contribution in [-0.4, -0.2) is 16.1 Å². The Morgan fingerprint density at radius 1 is 1.73 bits per heavy atom. The second-order valence-corrected chi connectivity index (χ2v) is 1.84. The molecule has 1 N–H and O–H groups in total. The van der Waals surface area contributed by atoms with Gasteiger partial charge in [0.2, 0.25) is 0 Å². The van der Waals surface area contributed by atoms with Crippen LogP contribution in [0.2, 0.25) is 0 Å². The van der Waals surface area contributed by atoms with Crippen LogP contribution in [0.15, 0.2) is 18.5 Å². The molecule has 4 nitrogen and oxygen atoms in total. The van der Waals surface area contributed by atoms with Gasteiger partial charge in [-0.1, -0.05) is 0 Å². The molecule has 1 aromatic rings. The first-order chi connectivity index (χ1) is 5.25. The Balaban J connectivity index is 3.26. The molecule has 0 aliphatic carbocycles. The van der Waals surface area contributed by atoms with Gasteiger partial charge in [0.1, 0.15) is 6.07 Å². The Morgan fingerprint density at radius 2 is 2.45 bits per heavy atom. The fourth-order valence-electron chi connectivity index (χ4n) is 0.670. The van der Waals surface area contributed by atoms with Crippen molar-refractivity contribution in [2.75, 3.05) is 0 Å². The van der Waals surface area contributed by atoms with Crippen LogP contribution in [0.25, 0.3) is 0 Å². The first-order valence-electron chi connectivity index (χ1n) is 2.83. The van der Waals surface area contributed by atoms with Crippen molar-refractivity contribution in [3.8, 4) is 6.07 Å². The van der Waals surface area contributed by atoms with Gasteiger partial charge < -0.3 is 5.11 Å². The van der Waals surface area contributed by atoms with Gasteiger partial charge in [-0.05, 0) is 6.07 Å². The first kappa shape index (κ1) is 7.22. The molecule has 0 bridgehead atoms. The number of aromatic carboxylic acids is 1. The largest absolute Gasteiger partial charge is 0.478 e. The van der Waals surface area contributed by atoms with Gasteiger partial charge in [-0.3, -0.25) is 4.98 Å². The maximum atomic E-state index is 10.4. The molecule has 11 heavy (non-hydrogen) atoms. The zero-order valence-electron chi connectivity index (χ0n) is 5.48. The summed E-state index contributed by atoms with van der Waals surface area (Å²) < 4.78 is 0. The third-order valence-corrected chi connectivity index (χ3v) is 1.17. The van der Waals surface area contributed by atoms with Crippen molar-refractivity contribution in [3.63, 3.8) is 0 Å². The lowest BCUT2D eigenvalue weighted by atomic mass is 10.2. The third-order valence-electron chi connectivity index (χ3n) is 1.17. The van der Waals surface area contributed by atoms with E-state index in [1.54, 1.807) is 6.07 Å². The summed E-state index contributed by atoms with van der Waals surface area (Å²) in [7, 11) is 0. The molecule has 0 amide bonds. The molecule has 0 aromatic carbocycles. The Bertz CT molecular complexity index is 327. The average molecular weight is 148 g/mol. The highest BCUT2D eigenvalue weighted by atomic mass is 16.4. The molecule has 0 aliphatic heterocycles. The quantitative estimate of drug-likeness (QED) is 0.634. The van der Waals surface area contributed by atoms with Gasteiger partial charge in [0.05, 0.1) is 11.1 Å². The monoisotopic (exact) mass is 148 g/mol. The van der Waals surface area contributed by atoms with Gasteiger partial charge in [0.25, 0.3) is 0 Å². The third kappa shape index (κ3) is 1.33. The number of carboxylic acid groups (broad SMARTS) is 1. The van der Waals surface area contributed by atoms with Crippen molar-refractivity contribution in [2.24, 2.45) is 0 Å². The highest BCUT2D eigenvalue weighted by Crippen LogP contribution is 2.03. The number of pyridine rings is 1. The summed E-state index contributed by atoms with van der Waals surface area (Å²) in [6.07, 6.45) is 2.56. The van der Waals surface area contributed by atoms with Gasteiger partial charge in [-0.25, -0.2) is 4.79 Å². The topological polar surface area (TPSA) is 74.0 Å². The van der Waals surface area contributed by atoms with Crippen LogP contribution in [0, 0.1) is 11.3 Å². The van der Waals surface area contributed by atoms with Gasteiger partial charge in [-0.15, -0.1) is 0 Å². The Labute approximate surface area is 62.7 Å². The predicted octanol–water partition coefficient (Wildman–Crippen LogP) is 0.651. The Kier molecular flexibility index (Phi) is 1.83. The number of nitriles is 1. The lowest BCUT2D eigenvalue weighted by Crippen LogP contribution is -1.99. The van der Waals surface area contributed by atoms with E-state index in [2.05, 4.69) is 4.98 Å². The highest BCUT2D eigenvalue weighted by Gasteiger charge is 2.07. The standard InChI is InChI=1S/C7H4N2O2/c8-3-5-4-9-2-1-6(5)7(10)11/h1-2,4H,(H,10,11). The van der Waals surface area contributed by atoms with Gasteiger partial charge >= 0.3 is 5.97 Å². The number of rotatable bonds is 1. The SMILES string of the molecule is N#Cc1cnccc1C(=O)O. The second kappa shape index (κ2) is 2.80. The number of carbonyl (C=O) groups is 1. The number of carboxylic acids is 1. The summed E-state index contributed by atoms with van der Waals surface area (Å²) in [4.78, 5) is 14.0. The van der Waals surface area contributed by atoms with Crippen molar-refractivity contribution in [3.05, 3.63) is 29.6 Å². The molecule has 0 radical (unpaired) electrons. The lowest BCUT2D eigenvalue weighted by molar-refractivity contribution is 0.0696. The Morgan fingerprint density at radius 3 is 2.91 bits per heavy atom. The molecule has 0 saturated heterocycles. The predicted molar refractivity (Wildman–Crippen MR) is 35.9 cm³/mol. The fourth-order valence-corrected chi connectivity index (χ4v) is 0.670. The number of hydrogen-bond acceptors (Lipinski definition) is 3. The minimum absolute atomic E-state index is 0.0116. The van der Waals surface area contributed by atoms with E-state index in [-0.39, 0.29) is 11.1 Å². The molecule has 0 atom stereocenters. The molecule has 1 heterocycles. The van der Waals surface area contributed by atoms with Crippen LogP contribution in [-0.2, 0) is 0 Å². The summed E-state index contributed by atoms with van der Waals surface area (Å²) in [5.74, 6) is -1.11. The Hall–Kier alpha value is -1.89. The molecule has 0 fully saturated rings. The van der Waals surface area contributed by atoms with E-state index in [1.165, 1.54) is 18.5 Å². The van der Waals surface area contributed by atoms with Crippen LogP contribution >= 0.6 is 0 Å². The van der Waals surface area contributed by atoms with E-state index in [4.69, 9.17) is 10.4 Å². The molecule has 54 valence electrons. The minimum Gasteiger partial charge on any atom is -0.478 e. The van der Waals surface area contributed by atoms with Crippen LogP contribution < -0.4 is 0 Å². The lowest BCUT2D eigenvalue weighted by Gasteiger charge is -1.93. The number of nitrogens with zero attached hydrogens (tertiary/aromatic N) is 2. The molecule has 0 spiro atoms. The van der Waals surface area contributed by atoms with E-state index >= 15 is 0 Å². The van der Waals surface area contributed by atoms with E-state index in [9.17, 15) is 4.79 Å². The van der Waals surface area contributed by atoms with Crippen molar-refractivity contribution >= 4 is 5.97 Å². The molecular formula is C7H4N2O2. The van der Waals surface area contributed by atoms with Crippen molar-refractivity contribution in [1.29, 1.82) is 5.26 Å². The van der Waals surface area contributed by atoms with Gasteiger partial charge in [-0.2, -0.15) is 5.26 Å². The van der Waals surface area contributed by atoms with E-state index < -0.39 is 5.97 Å². The second-order valence-electron chi connectivity index (χ2n) is 1.84. The van der Waals surface area contributed by atoms with E-state index in [0.717, 1.165) is 0 Å². The van der Waals surface area contributed by atoms with E-state index in [1.807, 2.05) is 0 Å². The van der Waals surface area contributed by atoms with Crippen molar-refractivity contribution in [1.82, 2.24) is 4.98 Å². The number of hydrogen-bond donors (Lipinski definition) is 1. The molecule has 0 aliphatic rings. The zero-order chi connectivity index (χ0) is 8.27. The highest BCUT2D eigenvalue weighted by molar-refractivity contribution is 5.90. The smallest absolute Gasteiger partial charge is 0.337 e. The molecular weight excluding hydrogens is 144 g/mol. The van der Waals surface area contributed by atoms with Crippen molar-refractivity contribution < 1.29 is 9.90 Å². The average Bonchev–Trinajstić information content (AvgIpc) is 2.04. The summed E-state index contributed by atoms with van der Waals surface area (Å²) in [5, 5.41) is 16.9. The van der Waals surface area contributed by atoms with Crippen LogP contribution in [0.3, 0.4) is 0 Å². The number of aromatic nitrogens is 1. The normalized spacial score (nSPS) is 8.64. The van der Waals surface area contributed by atoms with Crippen molar-refractivity contribution in [2.45, 2.75) is 0 Å². The maximum absolute atomic E-state index is 10.4. The first-order valence-corrected chi connectivity index (χ1v) is 2.83. The van der Waals surface area contributed by atoms with Crippen LogP contribution in [0.1, 0.15) is 15.9 Å². The summed E-state index contributed by atoms with van der Waals surface area (Å²) in [6.45, 7) is 0.